The van der Waals surface area contributed by atoms with Gasteiger partial charge in [-0.1, -0.05) is 12.1 Å². The first-order valence-corrected chi connectivity index (χ1v) is 9.78. The van der Waals surface area contributed by atoms with E-state index in [-0.39, 0.29) is 17.9 Å². The smallest absolute Gasteiger partial charge is 0.336 e. The number of allylic oxidation sites excluding steroid dienone is 1. The fraction of sp³-hybridized carbons (Fsp3) is 0.261. The van der Waals surface area contributed by atoms with E-state index in [4.69, 9.17) is 13.9 Å². The number of hydrogen-bond donors (Lipinski definition) is 0. The number of nitrogens with zero attached hydrogens (tertiary/aromatic N) is 2. The van der Waals surface area contributed by atoms with Gasteiger partial charge in [-0.05, 0) is 43.7 Å². The monoisotopic (exact) mass is 438 g/mol. The van der Waals surface area contributed by atoms with Gasteiger partial charge in [-0.25, -0.2) is 4.79 Å². The number of ether oxygens (including phenoxy) is 2. The summed E-state index contributed by atoms with van der Waals surface area (Å²) in [7, 11) is 1.24. The topological polar surface area (TPSA) is 121 Å². The lowest BCUT2D eigenvalue weighted by atomic mass is 9.75. The van der Waals surface area contributed by atoms with Crippen LogP contribution in [0.2, 0.25) is 0 Å². The van der Waals surface area contributed by atoms with Crippen LogP contribution in [0.25, 0.3) is 6.08 Å². The minimum atomic E-state index is -0.924. The number of non-ortho nitro benzene ring substituents is 1. The third-order valence-electron chi connectivity index (χ3n) is 5.08. The summed E-state index contributed by atoms with van der Waals surface area (Å²) in [6.45, 7) is 3.25. The molecule has 3 rings (SSSR count). The predicted molar refractivity (Wildman–Crippen MR) is 116 cm³/mol. The SMILES string of the molecule is COC(=O)C1C(C)=NC(C)=C(C(=O)OCC=Cc2ccco2)C1c1cccc([N+](=O)[O-])c1. The van der Waals surface area contributed by atoms with Gasteiger partial charge in [0.25, 0.3) is 5.69 Å². The van der Waals surface area contributed by atoms with Crippen LogP contribution in [-0.2, 0) is 19.1 Å². The lowest BCUT2D eigenvalue weighted by Crippen LogP contribution is -2.36. The molecular formula is C23H22N2O7. The molecule has 0 amide bonds. The summed E-state index contributed by atoms with van der Waals surface area (Å²) in [5.41, 5.74) is 1.23. The summed E-state index contributed by atoms with van der Waals surface area (Å²) in [6, 6.07) is 9.31. The zero-order valence-corrected chi connectivity index (χ0v) is 17.8. The van der Waals surface area contributed by atoms with Crippen molar-refractivity contribution in [3.05, 3.63) is 81.4 Å². The van der Waals surface area contributed by atoms with Gasteiger partial charge in [0.05, 0.1) is 23.9 Å². The van der Waals surface area contributed by atoms with Crippen LogP contribution >= 0.6 is 0 Å². The molecule has 0 radical (unpaired) electrons. The van der Waals surface area contributed by atoms with Crippen molar-refractivity contribution in [1.82, 2.24) is 0 Å². The normalized spacial score (nSPS) is 18.4. The maximum absolute atomic E-state index is 13.0. The lowest BCUT2D eigenvalue weighted by molar-refractivity contribution is -0.384. The summed E-state index contributed by atoms with van der Waals surface area (Å²) >= 11 is 0. The minimum Gasteiger partial charge on any atom is -0.468 e. The Balaban J connectivity index is 1.96. The van der Waals surface area contributed by atoms with Crippen LogP contribution in [0.15, 0.2) is 69.4 Å². The average Bonchev–Trinajstić information content (AvgIpc) is 3.29. The molecule has 0 bridgehead atoms. The summed E-state index contributed by atoms with van der Waals surface area (Å²) in [5.74, 6) is -2.44. The molecule has 166 valence electrons. The number of hydrogen-bond acceptors (Lipinski definition) is 8. The maximum atomic E-state index is 13.0. The van der Waals surface area contributed by atoms with Crippen molar-refractivity contribution in [2.24, 2.45) is 10.9 Å². The second-order valence-corrected chi connectivity index (χ2v) is 7.10. The molecule has 1 aliphatic heterocycles. The van der Waals surface area contributed by atoms with Gasteiger partial charge >= 0.3 is 11.9 Å². The molecule has 0 saturated heterocycles. The van der Waals surface area contributed by atoms with Gasteiger partial charge in [0.1, 0.15) is 18.3 Å². The highest BCUT2D eigenvalue weighted by molar-refractivity contribution is 6.07. The first-order chi connectivity index (χ1) is 15.3. The van der Waals surface area contributed by atoms with E-state index >= 15 is 0 Å². The van der Waals surface area contributed by atoms with E-state index in [1.807, 2.05) is 0 Å². The standard InChI is InChI=1S/C23H22N2O7/c1-14-19(22(26)30-3)21(16-7-4-8-17(13-16)25(28)29)20(15(2)24-14)23(27)32-12-6-10-18-9-5-11-31-18/h4-11,13,19,21H,12H2,1-3H3. The summed E-state index contributed by atoms with van der Waals surface area (Å²) in [6.07, 6.45) is 4.80. The van der Waals surface area contributed by atoms with Crippen molar-refractivity contribution in [3.8, 4) is 0 Å². The maximum Gasteiger partial charge on any atom is 0.336 e. The Labute approximate surface area is 184 Å². The molecule has 2 aromatic rings. The van der Waals surface area contributed by atoms with Crippen molar-refractivity contribution >= 4 is 29.4 Å². The average molecular weight is 438 g/mol. The molecule has 0 fully saturated rings. The molecule has 2 atom stereocenters. The third-order valence-corrected chi connectivity index (χ3v) is 5.08. The number of esters is 2. The summed E-state index contributed by atoms with van der Waals surface area (Å²) < 4.78 is 15.5. The fourth-order valence-corrected chi connectivity index (χ4v) is 3.68. The van der Waals surface area contributed by atoms with Crippen molar-refractivity contribution in [2.45, 2.75) is 19.8 Å². The second-order valence-electron chi connectivity index (χ2n) is 7.10. The first kappa shape index (κ1) is 22.7. The quantitative estimate of drug-likeness (QED) is 0.363. The van der Waals surface area contributed by atoms with Crippen LogP contribution in [0, 0.1) is 16.0 Å². The van der Waals surface area contributed by atoms with Crippen LogP contribution in [0.1, 0.15) is 31.1 Å². The number of furan rings is 1. The van der Waals surface area contributed by atoms with Crippen LogP contribution in [0.5, 0.6) is 0 Å². The number of aliphatic imine (C=N–C) groups is 1. The van der Waals surface area contributed by atoms with E-state index in [1.54, 1.807) is 44.2 Å². The molecule has 0 saturated carbocycles. The Morgan fingerprint density at radius 3 is 2.69 bits per heavy atom. The highest BCUT2D eigenvalue weighted by Crippen LogP contribution is 2.40. The number of carbonyl (C=O) groups excluding carboxylic acids is 2. The Hall–Kier alpha value is -4.01. The molecular weight excluding hydrogens is 416 g/mol. The molecule has 2 heterocycles. The number of carbonyl (C=O) groups is 2. The van der Waals surface area contributed by atoms with Crippen molar-refractivity contribution < 1.29 is 28.4 Å². The molecule has 9 heteroatoms. The molecule has 0 spiro atoms. The molecule has 9 nitrogen and oxygen atoms in total. The molecule has 2 unspecified atom stereocenters. The van der Waals surface area contributed by atoms with Crippen LogP contribution in [0.3, 0.4) is 0 Å². The van der Waals surface area contributed by atoms with E-state index in [2.05, 4.69) is 4.99 Å². The Kier molecular flexibility index (Phi) is 6.99. The summed E-state index contributed by atoms with van der Waals surface area (Å²) in [5, 5.41) is 11.3. The number of nitro benzene ring substituents is 1. The summed E-state index contributed by atoms with van der Waals surface area (Å²) in [4.78, 5) is 40.8. The number of methoxy groups -OCH3 is 1. The number of rotatable bonds is 7. The second kappa shape index (κ2) is 9.86. The molecule has 1 aliphatic rings. The van der Waals surface area contributed by atoms with Crippen molar-refractivity contribution in [3.63, 3.8) is 0 Å². The van der Waals surface area contributed by atoms with Gasteiger partial charge in [-0.15, -0.1) is 0 Å². The van der Waals surface area contributed by atoms with Gasteiger partial charge in [-0.3, -0.25) is 19.9 Å². The Morgan fingerprint density at radius 2 is 2.03 bits per heavy atom. The van der Waals surface area contributed by atoms with Gasteiger partial charge in [0, 0.05) is 29.5 Å². The first-order valence-electron chi connectivity index (χ1n) is 9.78. The van der Waals surface area contributed by atoms with Gasteiger partial charge < -0.3 is 13.9 Å². The molecule has 32 heavy (non-hydrogen) atoms. The molecule has 1 aromatic carbocycles. The molecule has 0 N–H and O–H groups in total. The zero-order chi connectivity index (χ0) is 23.3. The third kappa shape index (κ3) is 4.83. The van der Waals surface area contributed by atoms with Crippen molar-refractivity contribution in [2.75, 3.05) is 13.7 Å². The fourth-order valence-electron chi connectivity index (χ4n) is 3.68. The van der Waals surface area contributed by atoms with Crippen LogP contribution < -0.4 is 0 Å². The number of benzene rings is 1. The molecule has 1 aromatic heterocycles. The Bertz CT molecular complexity index is 1110. The minimum absolute atomic E-state index is 0.0381. The van der Waals surface area contributed by atoms with Gasteiger partial charge in [0.15, 0.2) is 0 Å². The zero-order valence-electron chi connectivity index (χ0n) is 17.8. The highest BCUT2D eigenvalue weighted by atomic mass is 16.6. The van der Waals surface area contributed by atoms with E-state index in [9.17, 15) is 19.7 Å². The van der Waals surface area contributed by atoms with Gasteiger partial charge in [-0.2, -0.15) is 0 Å². The van der Waals surface area contributed by atoms with E-state index in [1.165, 1.54) is 31.6 Å². The van der Waals surface area contributed by atoms with Gasteiger partial charge in [0.2, 0.25) is 0 Å². The largest absolute Gasteiger partial charge is 0.468 e. The number of nitro groups is 1. The lowest BCUT2D eigenvalue weighted by Gasteiger charge is -2.31. The van der Waals surface area contributed by atoms with E-state index < -0.39 is 28.7 Å². The van der Waals surface area contributed by atoms with E-state index in [0.717, 1.165) is 0 Å². The molecule has 0 aliphatic carbocycles. The van der Waals surface area contributed by atoms with Crippen LogP contribution in [0.4, 0.5) is 5.69 Å². The predicted octanol–water partition coefficient (Wildman–Crippen LogP) is 4.07. The van der Waals surface area contributed by atoms with E-state index in [0.29, 0.717) is 22.7 Å². The highest BCUT2D eigenvalue weighted by Gasteiger charge is 2.42. The van der Waals surface area contributed by atoms with Crippen LogP contribution in [-0.4, -0.2) is 36.3 Å². The Morgan fingerprint density at radius 1 is 1.25 bits per heavy atom. The van der Waals surface area contributed by atoms with Crippen molar-refractivity contribution in [1.29, 1.82) is 0 Å².